The van der Waals surface area contributed by atoms with Gasteiger partial charge in [0.25, 0.3) is 5.91 Å². The van der Waals surface area contributed by atoms with Crippen LogP contribution in [0.25, 0.3) is 11.3 Å². The normalized spacial score (nSPS) is 19.3. The molecule has 1 saturated heterocycles. The highest BCUT2D eigenvalue weighted by atomic mass is 19.1. The molecule has 1 amide bonds. The Hall–Kier alpha value is -2.27. The van der Waals surface area contributed by atoms with Crippen molar-refractivity contribution in [1.29, 1.82) is 0 Å². The highest BCUT2D eigenvalue weighted by Gasteiger charge is 2.40. The van der Waals surface area contributed by atoms with E-state index in [9.17, 15) is 9.18 Å². The molecule has 2 aromatic rings. The molecule has 4 nitrogen and oxygen atoms in total. The first-order chi connectivity index (χ1) is 13.2. The molecule has 1 aliphatic heterocycles. The summed E-state index contributed by atoms with van der Waals surface area (Å²) in [6.07, 6.45) is 8.57. The molecule has 5 heteroatoms. The minimum Gasteiger partial charge on any atom is -0.350 e. The van der Waals surface area contributed by atoms with Crippen LogP contribution >= 0.6 is 0 Å². The number of hydrogen-bond acceptors (Lipinski definition) is 3. The largest absolute Gasteiger partial charge is 0.350 e. The molecule has 2 aliphatic rings. The van der Waals surface area contributed by atoms with Crippen LogP contribution in [0.4, 0.5) is 4.39 Å². The number of amides is 1. The van der Waals surface area contributed by atoms with Gasteiger partial charge in [-0.05, 0) is 63.0 Å². The fraction of sp³-hybridized carbons (Fsp3) is 0.455. The zero-order valence-corrected chi connectivity index (χ0v) is 15.6. The first-order valence-corrected chi connectivity index (χ1v) is 9.92. The summed E-state index contributed by atoms with van der Waals surface area (Å²) < 4.78 is 13.1. The fourth-order valence-corrected chi connectivity index (χ4v) is 4.54. The molecule has 2 heterocycles. The van der Waals surface area contributed by atoms with Crippen LogP contribution in [-0.4, -0.2) is 41.0 Å². The molecule has 27 heavy (non-hydrogen) atoms. The van der Waals surface area contributed by atoms with E-state index in [1.165, 1.54) is 50.8 Å². The molecule has 142 valence electrons. The molecule has 0 bridgehead atoms. The lowest BCUT2D eigenvalue weighted by Crippen LogP contribution is -2.53. The maximum atomic E-state index is 13.1. The molecule has 0 spiro atoms. The Labute approximate surface area is 159 Å². The molecule has 0 radical (unpaired) electrons. The van der Waals surface area contributed by atoms with Crippen molar-refractivity contribution in [3.8, 4) is 11.3 Å². The molecule has 1 saturated carbocycles. The Bertz CT molecular complexity index is 793. The van der Waals surface area contributed by atoms with Gasteiger partial charge in [0, 0.05) is 23.2 Å². The number of pyridine rings is 1. The van der Waals surface area contributed by atoms with E-state index < -0.39 is 0 Å². The van der Waals surface area contributed by atoms with E-state index in [2.05, 4.69) is 15.2 Å². The van der Waals surface area contributed by atoms with Gasteiger partial charge in [0.2, 0.25) is 0 Å². The molecular formula is C22H26FN3O. The van der Waals surface area contributed by atoms with Gasteiger partial charge in [-0.25, -0.2) is 4.39 Å². The number of nitrogens with one attached hydrogen (secondary N) is 1. The van der Waals surface area contributed by atoms with E-state index in [1.807, 2.05) is 24.3 Å². The second-order valence-corrected chi connectivity index (χ2v) is 7.75. The van der Waals surface area contributed by atoms with Crippen molar-refractivity contribution in [1.82, 2.24) is 15.2 Å². The number of hydrogen-bond donors (Lipinski definition) is 1. The number of rotatable bonds is 5. The van der Waals surface area contributed by atoms with Crippen LogP contribution < -0.4 is 5.32 Å². The molecule has 4 rings (SSSR count). The first-order valence-electron chi connectivity index (χ1n) is 9.92. The van der Waals surface area contributed by atoms with Crippen molar-refractivity contribution < 1.29 is 9.18 Å². The van der Waals surface area contributed by atoms with E-state index >= 15 is 0 Å². The van der Waals surface area contributed by atoms with Gasteiger partial charge < -0.3 is 5.32 Å². The molecule has 2 fully saturated rings. The number of aromatic nitrogens is 1. The van der Waals surface area contributed by atoms with Gasteiger partial charge >= 0.3 is 0 Å². The van der Waals surface area contributed by atoms with Crippen LogP contribution in [0.15, 0.2) is 42.6 Å². The lowest BCUT2D eigenvalue weighted by Gasteiger charge is -2.39. The van der Waals surface area contributed by atoms with Crippen molar-refractivity contribution in [3.05, 3.63) is 54.0 Å². The lowest BCUT2D eigenvalue weighted by atomic mass is 9.95. The van der Waals surface area contributed by atoms with Crippen LogP contribution in [0.3, 0.4) is 0 Å². The minimum atomic E-state index is -0.364. The molecule has 1 aromatic heterocycles. The monoisotopic (exact) mass is 367 g/mol. The van der Waals surface area contributed by atoms with Crippen molar-refractivity contribution in [3.63, 3.8) is 0 Å². The van der Waals surface area contributed by atoms with Crippen LogP contribution in [0.2, 0.25) is 0 Å². The van der Waals surface area contributed by atoms with Gasteiger partial charge in [-0.15, -0.1) is 0 Å². The summed E-state index contributed by atoms with van der Waals surface area (Å²) in [5.74, 6) is -0.416. The number of nitrogens with zero attached hydrogens (tertiary/aromatic N) is 2. The first kappa shape index (κ1) is 18.1. The third kappa shape index (κ3) is 3.88. The Balaban J connectivity index is 1.46. The molecular weight excluding hydrogens is 341 g/mol. The number of carbonyl (C=O) groups is 1. The molecule has 0 unspecified atom stereocenters. The van der Waals surface area contributed by atoms with Gasteiger partial charge in [0.15, 0.2) is 0 Å². The van der Waals surface area contributed by atoms with Gasteiger partial charge in [-0.2, -0.15) is 0 Å². The second-order valence-electron chi connectivity index (χ2n) is 7.75. The fourth-order valence-electron chi connectivity index (χ4n) is 4.54. The molecule has 1 aliphatic carbocycles. The Morgan fingerprint density at radius 1 is 1.11 bits per heavy atom. The molecule has 1 N–H and O–H groups in total. The third-order valence-electron chi connectivity index (χ3n) is 6.04. The Morgan fingerprint density at radius 2 is 1.89 bits per heavy atom. The zero-order chi connectivity index (χ0) is 18.7. The third-order valence-corrected chi connectivity index (χ3v) is 6.04. The van der Waals surface area contributed by atoms with Crippen LogP contribution in [0.5, 0.6) is 0 Å². The van der Waals surface area contributed by atoms with Crippen LogP contribution in [-0.2, 0) is 0 Å². The molecule has 0 atom stereocenters. The van der Waals surface area contributed by atoms with E-state index in [-0.39, 0.29) is 17.3 Å². The maximum Gasteiger partial charge on any atom is 0.251 e. The standard InChI is InChI=1S/C22H26FN3O/c23-19-8-9-20(24-15-19)17-6-5-7-18(14-17)21(27)25-16-22(10-1-2-11-22)26-12-3-4-13-26/h5-9,14-15H,1-4,10-13,16H2,(H,25,27). The Morgan fingerprint density at radius 3 is 2.59 bits per heavy atom. The number of benzene rings is 1. The highest BCUT2D eigenvalue weighted by molar-refractivity contribution is 5.95. The average molecular weight is 367 g/mol. The summed E-state index contributed by atoms with van der Waals surface area (Å²) >= 11 is 0. The Kier molecular flexibility index (Phi) is 5.21. The van der Waals surface area contributed by atoms with E-state index in [1.54, 1.807) is 6.07 Å². The van der Waals surface area contributed by atoms with Gasteiger partial charge in [-0.1, -0.05) is 25.0 Å². The number of likely N-dealkylation sites (tertiary alicyclic amines) is 1. The summed E-state index contributed by atoms with van der Waals surface area (Å²) in [5.41, 5.74) is 2.24. The SMILES string of the molecule is O=C(NCC1(N2CCCC2)CCCC1)c1cccc(-c2ccc(F)cn2)c1. The van der Waals surface area contributed by atoms with Gasteiger partial charge in [-0.3, -0.25) is 14.7 Å². The number of halogens is 1. The van der Waals surface area contributed by atoms with Crippen molar-refractivity contribution >= 4 is 5.91 Å². The number of carbonyl (C=O) groups excluding carboxylic acids is 1. The maximum absolute atomic E-state index is 13.1. The molecule has 1 aromatic carbocycles. The van der Waals surface area contributed by atoms with Crippen LogP contribution in [0, 0.1) is 5.82 Å². The van der Waals surface area contributed by atoms with E-state index in [0.717, 1.165) is 18.7 Å². The summed E-state index contributed by atoms with van der Waals surface area (Å²) in [6, 6.07) is 10.4. The highest BCUT2D eigenvalue weighted by Crippen LogP contribution is 2.37. The summed E-state index contributed by atoms with van der Waals surface area (Å²) in [4.78, 5) is 19.5. The quantitative estimate of drug-likeness (QED) is 0.868. The summed E-state index contributed by atoms with van der Waals surface area (Å²) in [7, 11) is 0. The predicted molar refractivity (Wildman–Crippen MR) is 104 cm³/mol. The average Bonchev–Trinajstić information content (AvgIpc) is 3.39. The predicted octanol–water partition coefficient (Wildman–Crippen LogP) is 4.03. The van der Waals surface area contributed by atoms with Gasteiger partial charge in [0.1, 0.15) is 5.82 Å². The smallest absolute Gasteiger partial charge is 0.251 e. The lowest BCUT2D eigenvalue weighted by molar-refractivity contribution is 0.0860. The second kappa shape index (κ2) is 7.77. The van der Waals surface area contributed by atoms with Crippen molar-refractivity contribution in [2.75, 3.05) is 19.6 Å². The van der Waals surface area contributed by atoms with Crippen molar-refractivity contribution in [2.24, 2.45) is 0 Å². The summed E-state index contributed by atoms with van der Waals surface area (Å²) in [6.45, 7) is 3.02. The van der Waals surface area contributed by atoms with Crippen LogP contribution in [0.1, 0.15) is 48.9 Å². The van der Waals surface area contributed by atoms with E-state index in [0.29, 0.717) is 17.8 Å². The topological polar surface area (TPSA) is 45.2 Å². The zero-order valence-electron chi connectivity index (χ0n) is 15.6. The van der Waals surface area contributed by atoms with Crippen molar-refractivity contribution in [2.45, 2.75) is 44.1 Å². The minimum absolute atomic E-state index is 0.0515. The van der Waals surface area contributed by atoms with Gasteiger partial charge in [0.05, 0.1) is 11.9 Å². The summed E-state index contributed by atoms with van der Waals surface area (Å²) in [5, 5.41) is 3.19. The van der Waals surface area contributed by atoms with E-state index in [4.69, 9.17) is 0 Å².